The fraction of sp³-hybridized carbons (Fsp3) is 0.737. The van der Waals surface area contributed by atoms with Crippen molar-refractivity contribution >= 4 is 36.5 Å². The fourth-order valence-electron chi connectivity index (χ4n) is 4.40. The minimum Gasteiger partial charge on any atom is -0.356 e. The first-order valence-electron chi connectivity index (χ1n) is 9.72. The van der Waals surface area contributed by atoms with Gasteiger partial charge in [0.1, 0.15) is 11.6 Å². The van der Waals surface area contributed by atoms with Crippen molar-refractivity contribution in [2.45, 2.75) is 57.4 Å². The van der Waals surface area contributed by atoms with Gasteiger partial charge < -0.3 is 15.5 Å². The Morgan fingerprint density at radius 1 is 1.15 bits per heavy atom. The zero-order chi connectivity index (χ0) is 17.4. The van der Waals surface area contributed by atoms with E-state index in [0.717, 1.165) is 82.0 Å². The highest BCUT2D eigenvalue weighted by Gasteiger charge is 2.30. The smallest absolute Gasteiger partial charge is 0.222 e. The number of amides is 1. The Bertz CT molecular complexity index is 645. The molecule has 0 radical (unpaired) electrons. The molecule has 3 heterocycles. The van der Waals surface area contributed by atoms with Crippen LogP contribution >= 0.6 is 24.8 Å². The summed E-state index contributed by atoms with van der Waals surface area (Å²) in [5.74, 6) is 3.41. The largest absolute Gasteiger partial charge is 0.356 e. The van der Waals surface area contributed by atoms with Crippen molar-refractivity contribution in [3.8, 4) is 0 Å². The quantitative estimate of drug-likeness (QED) is 0.817. The molecule has 152 valence electrons. The highest BCUT2D eigenvalue weighted by atomic mass is 35.5. The topological polar surface area (TPSA) is 75.3 Å². The van der Waals surface area contributed by atoms with Gasteiger partial charge in [-0.2, -0.15) is 0 Å². The van der Waals surface area contributed by atoms with Crippen LogP contribution in [0, 0.1) is 12.8 Å². The van der Waals surface area contributed by atoms with Gasteiger partial charge in [-0.15, -0.1) is 24.8 Å². The maximum absolute atomic E-state index is 11.8. The van der Waals surface area contributed by atoms with Crippen LogP contribution in [-0.4, -0.2) is 53.0 Å². The molecule has 0 bridgehead atoms. The van der Waals surface area contributed by atoms with E-state index in [4.69, 9.17) is 5.73 Å². The van der Waals surface area contributed by atoms with E-state index in [9.17, 15) is 4.79 Å². The number of hydrogen-bond donors (Lipinski definition) is 1. The lowest BCUT2D eigenvalue weighted by molar-refractivity contribution is -0.128. The molecule has 0 atom stereocenters. The van der Waals surface area contributed by atoms with Gasteiger partial charge in [-0.25, -0.2) is 9.97 Å². The average molecular weight is 416 g/mol. The number of carbonyl (C=O) groups excluding carboxylic acids is 1. The Morgan fingerprint density at radius 2 is 1.85 bits per heavy atom. The molecule has 1 saturated carbocycles. The molecular formula is C19H31Cl2N5O. The highest BCUT2D eigenvalue weighted by Crippen LogP contribution is 2.36. The lowest BCUT2D eigenvalue weighted by Crippen LogP contribution is -2.40. The van der Waals surface area contributed by atoms with Gasteiger partial charge >= 0.3 is 0 Å². The van der Waals surface area contributed by atoms with Crippen LogP contribution in [-0.2, 0) is 4.79 Å². The van der Waals surface area contributed by atoms with Gasteiger partial charge in [0.05, 0.1) is 0 Å². The summed E-state index contributed by atoms with van der Waals surface area (Å²) < 4.78 is 0. The predicted octanol–water partition coefficient (Wildman–Crippen LogP) is 2.67. The fourth-order valence-corrected chi connectivity index (χ4v) is 4.40. The molecule has 0 aromatic carbocycles. The number of likely N-dealkylation sites (tertiary alicyclic amines) is 1. The molecule has 1 aliphatic carbocycles. The summed E-state index contributed by atoms with van der Waals surface area (Å²) >= 11 is 0. The maximum atomic E-state index is 11.8. The Labute approximate surface area is 174 Å². The van der Waals surface area contributed by atoms with E-state index >= 15 is 0 Å². The number of carbonyl (C=O) groups is 1. The number of piperidine rings is 1. The van der Waals surface area contributed by atoms with Gasteiger partial charge in [0.25, 0.3) is 0 Å². The van der Waals surface area contributed by atoms with Crippen LogP contribution in [0.3, 0.4) is 0 Å². The molecule has 4 rings (SSSR count). The third-order valence-corrected chi connectivity index (χ3v) is 6.03. The molecule has 3 fully saturated rings. The van der Waals surface area contributed by atoms with E-state index in [-0.39, 0.29) is 24.8 Å². The first-order valence-corrected chi connectivity index (χ1v) is 9.72. The van der Waals surface area contributed by atoms with E-state index in [1.165, 1.54) is 0 Å². The van der Waals surface area contributed by atoms with Crippen LogP contribution < -0.4 is 10.6 Å². The van der Waals surface area contributed by atoms with E-state index in [1.807, 2.05) is 6.92 Å². The molecule has 6 nitrogen and oxygen atoms in total. The summed E-state index contributed by atoms with van der Waals surface area (Å²) in [5, 5.41) is 0. The summed E-state index contributed by atoms with van der Waals surface area (Å²) in [6.07, 6.45) is 6.13. The summed E-state index contributed by atoms with van der Waals surface area (Å²) in [6, 6.07) is 2.51. The van der Waals surface area contributed by atoms with E-state index < -0.39 is 0 Å². The van der Waals surface area contributed by atoms with E-state index in [0.29, 0.717) is 23.8 Å². The monoisotopic (exact) mass is 415 g/mol. The third kappa shape index (κ3) is 5.04. The highest BCUT2D eigenvalue weighted by molar-refractivity contribution is 5.85. The number of hydrogen-bond acceptors (Lipinski definition) is 5. The molecule has 27 heavy (non-hydrogen) atoms. The van der Waals surface area contributed by atoms with Gasteiger partial charge in [0.15, 0.2) is 0 Å². The summed E-state index contributed by atoms with van der Waals surface area (Å²) in [5.41, 5.74) is 7.10. The third-order valence-electron chi connectivity index (χ3n) is 6.03. The number of nitrogens with zero attached hydrogens (tertiary/aromatic N) is 4. The second-order valence-corrected chi connectivity index (χ2v) is 8.00. The molecular weight excluding hydrogens is 385 g/mol. The molecule has 1 aromatic heterocycles. The van der Waals surface area contributed by atoms with Crippen molar-refractivity contribution in [2.75, 3.05) is 31.1 Å². The first kappa shape index (κ1) is 22.2. The van der Waals surface area contributed by atoms with E-state index in [1.54, 1.807) is 0 Å². The predicted molar refractivity (Wildman–Crippen MR) is 112 cm³/mol. The van der Waals surface area contributed by atoms with Crippen LogP contribution in [0.15, 0.2) is 6.07 Å². The number of anilines is 1. The normalized spacial score (nSPS) is 25.6. The average Bonchev–Trinajstić information content (AvgIpc) is 2.97. The molecule has 8 heteroatoms. The molecule has 3 aliphatic rings. The minimum absolute atomic E-state index is 0. The molecule has 0 unspecified atom stereocenters. The molecule has 1 amide bonds. The molecule has 0 spiro atoms. The summed E-state index contributed by atoms with van der Waals surface area (Å²) in [7, 11) is 0. The van der Waals surface area contributed by atoms with Gasteiger partial charge in [0, 0.05) is 56.3 Å². The zero-order valence-corrected chi connectivity index (χ0v) is 17.6. The second kappa shape index (κ2) is 9.39. The van der Waals surface area contributed by atoms with Crippen molar-refractivity contribution in [3.63, 3.8) is 0 Å². The molecule has 2 aliphatic heterocycles. The Balaban J connectivity index is 0.00000131. The zero-order valence-electron chi connectivity index (χ0n) is 16.0. The Kier molecular flexibility index (Phi) is 7.72. The van der Waals surface area contributed by atoms with Gasteiger partial charge in [-0.1, -0.05) is 0 Å². The van der Waals surface area contributed by atoms with Crippen LogP contribution in [0.25, 0.3) is 0 Å². The van der Waals surface area contributed by atoms with Gasteiger partial charge in [-0.05, 0) is 44.9 Å². The first-order chi connectivity index (χ1) is 12.1. The Hall–Kier alpha value is -1.11. The lowest BCUT2D eigenvalue weighted by Gasteiger charge is -2.36. The number of aromatic nitrogens is 2. The standard InChI is InChI=1S/C19H29N5O.2ClH/c1-13-21-17(15-9-16(20)10-15)11-18(22-13)23-7-4-14(5-8-23)12-24-6-2-3-19(24)25;;/h11,14-16H,2-10,12,20H2,1H3;2*1H. The SMILES string of the molecule is Cc1nc(C2CC(N)C2)cc(N2CCC(CN3CCCC3=O)CC2)n1.Cl.Cl. The van der Waals surface area contributed by atoms with Gasteiger partial charge in [0.2, 0.25) is 5.91 Å². The van der Waals surface area contributed by atoms with Crippen LogP contribution in [0.5, 0.6) is 0 Å². The number of aryl methyl sites for hydroxylation is 1. The van der Waals surface area contributed by atoms with Crippen molar-refractivity contribution in [2.24, 2.45) is 11.7 Å². The second-order valence-electron chi connectivity index (χ2n) is 8.00. The molecule has 2 saturated heterocycles. The summed E-state index contributed by atoms with van der Waals surface area (Å²) in [6.45, 7) is 5.93. The minimum atomic E-state index is 0. The van der Waals surface area contributed by atoms with Crippen molar-refractivity contribution in [3.05, 3.63) is 17.6 Å². The Morgan fingerprint density at radius 3 is 2.44 bits per heavy atom. The number of nitrogens with two attached hydrogens (primary N) is 1. The lowest BCUT2D eigenvalue weighted by atomic mass is 9.78. The number of halogens is 2. The van der Waals surface area contributed by atoms with Crippen LogP contribution in [0.2, 0.25) is 0 Å². The maximum Gasteiger partial charge on any atom is 0.222 e. The van der Waals surface area contributed by atoms with Crippen molar-refractivity contribution < 1.29 is 4.79 Å². The van der Waals surface area contributed by atoms with Crippen LogP contribution in [0.4, 0.5) is 5.82 Å². The molecule has 1 aromatic rings. The van der Waals surface area contributed by atoms with Crippen LogP contribution in [0.1, 0.15) is 56.0 Å². The van der Waals surface area contributed by atoms with Gasteiger partial charge in [-0.3, -0.25) is 4.79 Å². The van der Waals surface area contributed by atoms with Crippen molar-refractivity contribution in [1.82, 2.24) is 14.9 Å². The van der Waals surface area contributed by atoms with E-state index in [2.05, 4.69) is 25.8 Å². The number of rotatable bonds is 4. The molecule has 2 N–H and O–H groups in total. The van der Waals surface area contributed by atoms with Crippen molar-refractivity contribution in [1.29, 1.82) is 0 Å². The summed E-state index contributed by atoms with van der Waals surface area (Å²) in [4.78, 5) is 25.6.